The Morgan fingerprint density at radius 1 is 1.24 bits per heavy atom. The van der Waals surface area contributed by atoms with E-state index in [2.05, 4.69) is 16.2 Å². The van der Waals surface area contributed by atoms with E-state index in [9.17, 15) is 4.79 Å². The molecule has 0 aliphatic carbocycles. The third-order valence-corrected chi connectivity index (χ3v) is 5.27. The highest BCUT2D eigenvalue weighted by atomic mass is 32.1. The van der Waals surface area contributed by atoms with E-state index in [0.29, 0.717) is 31.0 Å². The molecule has 0 atom stereocenters. The molecule has 1 amide bonds. The number of aryl methyl sites for hydroxylation is 2. The summed E-state index contributed by atoms with van der Waals surface area (Å²) in [5.74, 6) is 1.39. The van der Waals surface area contributed by atoms with E-state index in [1.54, 1.807) is 11.3 Å². The van der Waals surface area contributed by atoms with Crippen LogP contribution in [0.25, 0.3) is 10.7 Å². The smallest absolute Gasteiger partial charge is 0.226 e. The van der Waals surface area contributed by atoms with E-state index < -0.39 is 0 Å². The fourth-order valence-electron chi connectivity index (χ4n) is 3.18. The Hall–Kier alpha value is -2.47. The molecule has 6 heteroatoms. The van der Waals surface area contributed by atoms with Crippen molar-refractivity contribution < 1.29 is 9.32 Å². The maximum atomic E-state index is 12.6. The van der Waals surface area contributed by atoms with Crippen molar-refractivity contribution in [1.29, 1.82) is 0 Å². The average Bonchev–Trinajstić information content (AvgIpc) is 3.32. The Morgan fingerprint density at radius 3 is 3.04 bits per heavy atom. The molecule has 0 bridgehead atoms. The fraction of sp³-hybridized carbons (Fsp3) is 0.316. The van der Waals surface area contributed by atoms with Gasteiger partial charge in [0.15, 0.2) is 0 Å². The van der Waals surface area contributed by atoms with Gasteiger partial charge in [-0.3, -0.25) is 4.79 Å². The molecule has 0 fully saturated rings. The Balaban J connectivity index is 1.34. The third kappa shape index (κ3) is 3.49. The number of benzene rings is 1. The topological polar surface area (TPSA) is 59.2 Å². The predicted molar refractivity (Wildman–Crippen MR) is 97.7 cm³/mol. The molecule has 1 aliphatic rings. The summed E-state index contributed by atoms with van der Waals surface area (Å²) in [5.41, 5.74) is 2.33. The monoisotopic (exact) mass is 353 g/mol. The van der Waals surface area contributed by atoms with Crippen LogP contribution in [0.15, 0.2) is 46.3 Å². The highest BCUT2D eigenvalue weighted by Crippen LogP contribution is 2.27. The molecule has 3 aromatic rings. The van der Waals surface area contributed by atoms with E-state index in [1.807, 2.05) is 40.6 Å². The molecule has 0 saturated carbocycles. The number of para-hydroxylation sites is 1. The zero-order chi connectivity index (χ0) is 17.1. The number of carbonyl (C=O) groups is 1. The van der Waals surface area contributed by atoms with E-state index >= 15 is 0 Å². The number of hydrogen-bond donors (Lipinski definition) is 0. The summed E-state index contributed by atoms with van der Waals surface area (Å²) in [7, 11) is 0. The average molecular weight is 353 g/mol. The number of rotatable bonds is 5. The van der Waals surface area contributed by atoms with Gasteiger partial charge >= 0.3 is 0 Å². The van der Waals surface area contributed by atoms with E-state index in [-0.39, 0.29) is 5.91 Å². The molecule has 2 aromatic heterocycles. The standard InChI is InChI=1S/C19H19N3O2S/c23-18(22-12-4-7-14-6-1-2-8-15(14)22)11-3-10-17-20-19(21-24-17)16-9-5-13-25-16/h1-2,5-6,8-9,13H,3-4,7,10-12H2. The number of aromatic nitrogens is 2. The normalized spacial score (nSPS) is 13.7. The minimum Gasteiger partial charge on any atom is -0.339 e. The van der Waals surface area contributed by atoms with Crippen molar-refractivity contribution in [2.75, 3.05) is 11.4 Å². The highest BCUT2D eigenvalue weighted by Gasteiger charge is 2.21. The Kier molecular flexibility index (Phi) is 4.61. The van der Waals surface area contributed by atoms with Crippen LogP contribution in [0.2, 0.25) is 0 Å². The first-order valence-electron chi connectivity index (χ1n) is 8.56. The second kappa shape index (κ2) is 7.19. The molecule has 4 rings (SSSR count). The zero-order valence-corrected chi connectivity index (χ0v) is 14.7. The van der Waals surface area contributed by atoms with Gasteiger partial charge in [-0.15, -0.1) is 11.3 Å². The molecule has 3 heterocycles. The minimum atomic E-state index is 0.171. The van der Waals surface area contributed by atoms with Crippen molar-refractivity contribution in [3.8, 4) is 10.7 Å². The molecule has 1 aliphatic heterocycles. The molecule has 0 N–H and O–H groups in total. The van der Waals surface area contributed by atoms with Gasteiger partial charge in [-0.25, -0.2) is 0 Å². The molecule has 0 unspecified atom stereocenters. The fourth-order valence-corrected chi connectivity index (χ4v) is 3.83. The molecule has 5 nitrogen and oxygen atoms in total. The summed E-state index contributed by atoms with van der Waals surface area (Å²) in [6.45, 7) is 0.804. The van der Waals surface area contributed by atoms with Crippen LogP contribution in [0.4, 0.5) is 5.69 Å². The van der Waals surface area contributed by atoms with Crippen LogP contribution in [-0.4, -0.2) is 22.6 Å². The molecule has 128 valence electrons. The van der Waals surface area contributed by atoms with Gasteiger partial charge in [-0.1, -0.05) is 29.4 Å². The number of carbonyl (C=O) groups excluding carboxylic acids is 1. The summed E-state index contributed by atoms with van der Waals surface area (Å²) in [6.07, 6.45) is 3.90. The number of nitrogens with zero attached hydrogens (tertiary/aromatic N) is 3. The van der Waals surface area contributed by atoms with Crippen LogP contribution in [0.1, 0.15) is 30.7 Å². The summed E-state index contributed by atoms with van der Waals surface area (Å²) in [4.78, 5) is 19.9. The number of thiophene rings is 1. The molecule has 0 spiro atoms. The van der Waals surface area contributed by atoms with Gasteiger partial charge in [0.05, 0.1) is 4.88 Å². The molecule has 0 saturated heterocycles. The van der Waals surface area contributed by atoms with Crippen LogP contribution < -0.4 is 4.90 Å². The van der Waals surface area contributed by atoms with Crippen molar-refractivity contribution in [3.63, 3.8) is 0 Å². The zero-order valence-electron chi connectivity index (χ0n) is 13.9. The van der Waals surface area contributed by atoms with E-state index in [4.69, 9.17) is 4.52 Å². The SMILES string of the molecule is O=C(CCCc1nc(-c2cccs2)no1)N1CCCc2ccccc21. The first-order chi connectivity index (χ1) is 12.3. The van der Waals surface area contributed by atoms with Gasteiger partial charge in [0.25, 0.3) is 0 Å². The van der Waals surface area contributed by atoms with E-state index in [1.165, 1.54) is 5.56 Å². The maximum Gasteiger partial charge on any atom is 0.226 e. The first kappa shape index (κ1) is 16.0. The number of amides is 1. The van der Waals surface area contributed by atoms with Crippen LogP contribution in [-0.2, 0) is 17.6 Å². The molecule has 25 heavy (non-hydrogen) atoms. The van der Waals surface area contributed by atoms with Crippen LogP contribution in [0.5, 0.6) is 0 Å². The Bertz CT molecular complexity index is 857. The highest BCUT2D eigenvalue weighted by molar-refractivity contribution is 7.13. The van der Waals surface area contributed by atoms with Crippen molar-refractivity contribution in [2.45, 2.75) is 32.1 Å². The number of fused-ring (bicyclic) bond motifs is 1. The van der Waals surface area contributed by atoms with Crippen LogP contribution >= 0.6 is 11.3 Å². The van der Waals surface area contributed by atoms with Crippen molar-refractivity contribution >= 4 is 22.9 Å². The summed E-state index contributed by atoms with van der Waals surface area (Å²) in [6, 6.07) is 12.1. The van der Waals surface area contributed by atoms with E-state index in [0.717, 1.165) is 30.0 Å². The molecular weight excluding hydrogens is 334 g/mol. The lowest BCUT2D eigenvalue weighted by molar-refractivity contribution is -0.118. The largest absolute Gasteiger partial charge is 0.339 e. The van der Waals surface area contributed by atoms with Gasteiger partial charge < -0.3 is 9.42 Å². The lowest BCUT2D eigenvalue weighted by Gasteiger charge is -2.29. The van der Waals surface area contributed by atoms with Gasteiger partial charge in [-0.05, 0) is 42.3 Å². The predicted octanol–water partition coefficient (Wildman–Crippen LogP) is 4.10. The number of anilines is 1. The van der Waals surface area contributed by atoms with Gasteiger partial charge in [0.2, 0.25) is 17.6 Å². The minimum absolute atomic E-state index is 0.171. The lowest BCUT2D eigenvalue weighted by Crippen LogP contribution is -2.35. The first-order valence-corrected chi connectivity index (χ1v) is 9.44. The number of hydrogen-bond acceptors (Lipinski definition) is 5. The summed E-state index contributed by atoms with van der Waals surface area (Å²) in [5, 5.41) is 5.99. The third-order valence-electron chi connectivity index (χ3n) is 4.40. The Morgan fingerprint density at radius 2 is 2.16 bits per heavy atom. The summed E-state index contributed by atoms with van der Waals surface area (Å²) >= 11 is 1.58. The van der Waals surface area contributed by atoms with Crippen molar-refractivity contribution in [1.82, 2.24) is 10.1 Å². The summed E-state index contributed by atoms with van der Waals surface area (Å²) < 4.78 is 5.29. The van der Waals surface area contributed by atoms with Gasteiger partial charge in [0, 0.05) is 25.1 Å². The van der Waals surface area contributed by atoms with Gasteiger partial charge in [0.1, 0.15) is 0 Å². The Labute approximate surface area is 150 Å². The maximum absolute atomic E-state index is 12.6. The van der Waals surface area contributed by atoms with Crippen molar-refractivity contribution in [2.24, 2.45) is 0 Å². The second-order valence-electron chi connectivity index (χ2n) is 6.12. The van der Waals surface area contributed by atoms with Gasteiger partial charge in [-0.2, -0.15) is 4.98 Å². The second-order valence-corrected chi connectivity index (χ2v) is 7.07. The van der Waals surface area contributed by atoms with Crippen molar-refractivity contribution in [3.05, 3.63) is 53.2 Å². The molecular formula is C19H19N3O2S. The van der Waals surface area contributed by atoms with Crippen LogP contribution in [0.3, 0.4) is 0 Å². The lowest BCUT2D eigenvalue weighted by atomic mass is 10.0. The molecule has 0 radical (unpaired) electrons. The quantitative estimate of drug-likeness (QED) is 0.693. The van der Waals surface area contributed by atoms with Crippen LogP contribution in [0, 0.1) is 0 Å². The molecule has 1 aromatic carbocycles.